The van der Waals surface area contributed by atoms with E-state index in [0.29, 0.717) is 11.1 Å². The summed E-state index contributed by atoms with van der Waals surface area (Å²) in [7, 11) is 0. The molecule has 2 atom stereocenters. The summed E-state index contributed by atoms with van der Waals surface area (Å²) in [5.74, 6) is -3.17. The van der Waals surface area contributed by atoms with E-state index >= 15 is 0 Å². The Bertz CT molecular complexity index is 1370. The zero-order chi connectivity index (χ0) is 29.0. The maximum absolute atomic E-state index is 12.2. The number of aromatic carboxylic acids is 1. The number of Topliss-reactive ketones (excluding diaryl/α,β-unsaturated/α-hetero) is 1. The fourth-order valence-corrected chi connectivity index (χ4v) is 3.19. The average molecular weight is 543 g/mol. The minimum absolute atomic E-state index is 0.208. The van der Waals surface area contributed by atoms with E-state index in [1.54, 1.807) is 66.7 Å². The molecule has 4 aromatic rings. The average Bonchev–Trinajstić information content (AvgIpc) is 2.93. The largest absolute Gasteiger partial charge is 0.478 e. The summed E-state index contributed by atoms with van der Waals surface area (Å²) in [6.07, 6.45) is -9.34. The smallest absolute Gasteiger partial charge is 0.414 e. The predicted octanol–water partition coefficient (Wildman–Crippen LogP) is 5.53. The number of carbonyl (C=O) groups is 3. The van der Waals surface area contributed by atoms with Crippen LogP contribution >= 0.6 is 0 Å². The maximum atomic E-state index is 12.2. The van der Waals surface area contributed by atoms with Gasteiger partial charge >= 0.3 is 18.1 Å². The first-order valence-electron chi connectivity index (χ1n) is 11.4. The van der Waals surface area contributed by atoms with Gasteiger partial charge in [-0.15, -0.1) is 0 Å². The molecule has 204 valence electrons. The third kappa shape index (κ3) is 10.0. The summed E-state index contributed by atoms with van der Waals surface area (Å²) in [5, 5.41) is 37.1. The lowest BCUT2D eigenvalue weighted by Gasteiger charge is -2.18. The van der Waals surface area contributed by atoms with Crippen LogP contribution in [0, 0.1) is 0 Å². The van der Waals surface area contributed by atoms with E-state index in [4.69, 9.17) is 15.3 Å². The quantitative estimate of drug-likeness (QED) is 0.186. The van der Waals surface area contributed by atoms with Crippen LogP contribution < -0.4 is 0 Å². The van der Waals surface area contributed by atoms with E-state index in [0.717, 1.165) is 10.8 Å². The molecule has 0 spiro atoms. The SMILES string of the molecule is O=C(O)C(=O)c1ccccc1.O=C(O)c1ccccc1.OC(CC(O)C(F)(F)F)c1ccc2ccccc2c1. The van der Waals surface area contributed by atoms with Gasteiger partial charge < -0.3 is 20.4 Å². The molecule has 2 unspecified atom stereocenters. The van der Waals surface area contributed by atoms with Gasteiger partial charge in [0, 0.05) is 12.0 Å². The van der Waals surface area contributed by atoms with Gasteiger partial charge in [-0.25, -0.2) is 9.59 Å². The number of carboxylic acids is 2. The Hall–Kier alpha value is -4.54. The van der Waals surface area contributed by atoms with Crippen LogP contribution in [0.25, 0.3) is 10.8 Å². The third-order valence-electron chi connectivity index (χ3n) is 5.23. The van der Waals surface area contributed by atoms with Gasteiger partial charge in [0.05, 0.1) is 11.7 Å². The molecular formula is C29H25F3O7. The molecular weight excluding hydrogens is 517 g/mol. The number of hydrogen-bond donors (Lipinski definition) is 4. The summed E-state index contributed by atoms with van der Waals surface area (Å²) >= 11 is 0. The van der Waals surface area contributed by atoms with Crippen molar-refractivity contribution in [1.82, 2.24) is 0 Å². The van der Waals surface area contributed by atoms with Crippen LogP contribution in [0.3, 0.4) is 0 Å². The molecule has 4 N–H and O–H groups in total. The number of rotatable bonds is 6. The van der Waals surface area contributed by atoms with Gasteiger partial charge in [0.1, 0.15) is 0 Å². The second-order valence-electron chi connectivity index (χ2n) is 8.09. The summed E-state index contributed by atoms with van der Waals surface area (Å²) < 4.78 is 36.7. The normalized spacial score (nSPS) is 12.1. The Morgan fingerprint density at radius 3 is 1.62 bits per heavy atom. The number of benzene rings is 4. The van der Waals surface area contributed by atoms with Gasteiger partial charge in [0.15, 0.2) is 6.10 Å². The Kier molecular flexibility index (Phi) is 11.3. The molecule has 4 aromatic carbocycles. The van der Waals surface area contributed by atoms with Crippen LogP contribution in [0.5, 0.6) is 0 Å². The summed E-state index contributed by atoms with van der Waals surface area (Å²) in [6.45, 7) is 0. The molecule has 0 fully saturated rings. The van der Waals surface area contributed by atoms with Crippen molar-refractivity contribution in [2.75, 3.05) is 0 Å². The molecule has 0 heterocycles. The molecule has 0 amide bonds. The van der Waals surface area contributed by atoms with Crippen LogP contribution in [0.2, 0.25) is 0 Å². The van der Waals surface area contributed by atoms with Crippen LogP contribution in [0.4, 0.5) is 13.2 Å². The lowest BCUT2D eigenvalue weighted by atomic mass is 10.00. The highest BCUT2D eigenvalue weighted by molar-refractivity contribution is 6.39. The van der Waals surface area contributed by atoms with Crippen molar-refractivity contribution < 1.29 is 48.0 Å². The van der Waals surface area contributed by atoms with E-state index < -0.39 is 42.5 Å². The van der Waals surface area contributed by atoms with Crippen LogP contribution in [-0.4, -0.2) is 50.4 Å². The van der Waals surface area contributed by atoms with Crippen molar-refractivity contribution in [3.8, 4) is 0 Å². The fraction of sp³-hybridized carbons (Fsp3) is 0.138. The van der Waals surface area contributed by atoms with Crippen molar-refractivity contribution in [3.05, 3.63) is 120 Å². The maximum Gasteiger partial charge on any atom is 0.414 e. The monoisotopic (exact) mass is 542 g/mol. The predicted molar refractivity (Wildman–Crippen MR) is 137 cm³/mol. The molecule has 0 radical (unpaired) electrons. The van der Waals surface area contributed by atoms with Gasteiger partial charge in [0.25, 0.3) is 5.78 Å². The minimum Gasteiger partial charge on any atom is -0.478 e. The number of ketones is 1. The van der Waals surface area contributed by atoms with E-state index in [-0.39, 0.29) is 5.56 Å². The zero-order valence-corrected chi connectivity index (χ0v) is 20.3. The molecule has 39 heavy (non-hydrogen) atoms. The number of halogens is 3. The highest BCUT2D eigenvalue weighted by Crippen LogP contribution is 2.29. The summed E-state index contributed by atoms with van der Waals surface area (Å²) in [6, 6.07) is 28.5. The fourth-order valence-electron chi connectivity index (χ4n) is 3.19. The van der Waals surface area contributed by atoms with E-state index in [9.17, 15) is 32.7 Å². The van der Waals surface area contributed by atoms with E-state index in [1.165, 1.54) is 12.1 Å². The second-order valence-corrected chi connectivity index (χ2v) is 8.09. The van der Waals surface area contributed by atoms with Crippen LogP contribution in [0.15, 0.2) is 103 Å². The minimum atomic E-state index is -4.71. The third-order valence-corrected chi connectivity index (χ3v) is 5.23. The lowest BCUT2D eigenvalue weighted by Crippen LogP contribution is -2.30. The Balaban J connectivity index is 0.000000226. The summed E-state index contributed by atoms with van der Waals surface area (Å²) in [5.41, 5.74) is 0.902. The molecule has 0 aliphatic rings. The molecule has 0 saturated heterocycles. The first-order chi connectivity index (χ1) is 18.4. The standard InChI is InChI=1S/C14H13F3O2.C8H6O3.C7H6O2/c15-14(16,17)13(19)8-12(18)11-6-5-9-3-1-2-4-10(9)7-11;9-7(8(10)11)6-4-2-1-3-5-6;8-7(9)6-4-2-1-3-5-6/h1-7,12-13,18-19H,8H2;1-5H,(H,10,11);1-5H,(H,8,9). The van der Waals surface area contributed by atoms with E-state index in [2.05, 4.69) is 0 Å². The number of hydrogen-bond acceptors (Lipinski definition) is 5. The number of aliphatic hydroxyl groups excluding tert-OH is 2. The molecule has 7 nitrogen and oxygen atoms in total. The Morgan fingerprint density at radius 1 is 0.667 bits per heavy atom. The number of aliphatic carboxylic acids is 1. The van der Waals surface area contributed by atoms with Gasteiger partial charge in [0.2, 0.25) is 0 Å². The van der Waals surface area contributed by atoms with Gasteiger partial charge in [-0.3, -0.25) is 4.79 Å². The Morgan fingerprint density at radius 2 is 1.15 bits per heavy atom. The van der Waals surface area contributed by atoms with Crippen molar-refractivity contribution in [2.24, 2.45) is 0 Å². The van der Waals surface area contributed by atoms with Crippen LogP contribution in [-0.2, 0) is 4.79 Å². The van der Waals surface area contributed by atoms with Crippen LogP contribution in [0.1, 0.15) is 38.8 Å². The molecule has 0 aliphatic heterocycles. The van der Waals surface area contributed by atoms with Crippen molar-refractivity contribution in [1.29, 1.82) is 0 Å². The summed E-state index contributed by atoms with van der Waals surface area (Å²) in [4.78, 5) is 31.1. The lowest BCUT2D eigenvalue weighted by molar-refractivity contribution is -0.211. The van der Waals surface area contributed by atoms with Gasteiger partial charge in [-0.1, -0.05) is 84.9 Å². The molecule has 0 aromatic heterocycles. The first-order valence-corrected chi connectivity index (χ1v) is 11.4. The van der Waals surface area contributed by atoms with Crippen molar-refractivity contribution in [2.45, 2.75) is 24.8 Å². The van der Waals surface area contributed by atoms with Crippen molar-refractivity contribution in [3.63, 3.8) is 0 Å². The number of alkyl halides is 3. The number of carboxylic acid groups (broad SMARTS) is 2. The molecule has 10 heteroatoms. The zero-order valence-electron chi connectivity index (χ0n) is 20.3. The highest BCUT2D eigenvalue weighted by Gasteiger charge is 2.39. The number of carbonyl (C=O) groups excluding carboxylic acids is 1. The molecule has 0 bridgehead atoms. The highest BCUT2D eigenvalue weighted by atomic mass is 19.4. The topological polar surface area (TPSA) is 132 Å². The molecule has 4 rings (SSSR count). The number of aliphatic hydroxyl groups is 2. The number of fused-ring (bicyclic) bond motifs is 1. The molecule has 0 aliphatic carbocycles. The Labute approximate surface area is 221 Å². The van der Waals surface area contributed by atoms with Gasteiger partial charge in [-0.2, -0.15) is 13.2 Å². The van der Waals surface area contributed by atoms with Gasteiger partial charge in [-0.05, 0) is 34.5 Å². The molecule has 0 saturated carbocycles. The van der Waals surface area contributed by atoms with E-state index in [1.807, 2.05) is 24.3 Å². The first kappa shape index (κ1) is 30.7. The second kappa shape index (κ2) is 14.4. The van der Waals surface area contributed by atoms with Crippen molar-refractivity contribution >= 4 is 28.5 Å².